The normalized spacial score (nSPS) is 12.2. The van der Waals surface area contributed by atoms with Gasteiger partial charge in [-0.3, -0.25) is 20.4 Å². The lowest BCUT2D eigenvalue weighted by Gasteiger charge is -2.15. The minimum Gasteiger partial charge on any atom is -0.273 e. The first-order valence-corrected chi connectivity index (χ1v) is 9.17. The van der Waals surface area contributed by atoms with Crippen LogP contribution in [0.1, 0.15) is 12.5 Å². The fourth-order valence-corrected chi connectivity index (χ4v) is 3.36. The van der Waals surface area contributed by atoms with Crippen LogP contribution >= 0.6 is 0 Å². The second-order valence-electron chi connectivity index (χ2n) is 5.47. The molecule has 3 N–H and O–H groups in total. The molecule has 0 aromatic heterocycles. The van der Waals surface area contributed by atoms with Crippen LogP contribution < -0.4 is 15.6 Å². The summed E-state index contributed by atoms with van der Waals surface area (Å²) < 4.78 is 39.9. The van der Waals surface area contributed by atoms with Crippen molar-refractivity contribution in [3.8, 4) is 0 Å². The first kappa shape index (κ1) is 19.5. The molecule has 1 atom stereocenters. The van der Waals surface area contributed by atoms with Gasteiger partial charge in [0.25, 0.3) is 5.91 Å². The summed E-state index contributed by atoms with van der Waals surface area (Å²) in [6.45, 7) is 1.27. The van der Waals surface area contributed by atoms with Crippen LogP contribution in [0.5, 0.6) is 0 Å². The number of benzene rings is 2. The van der Waals surface area contributed by atoms with Gasteiger partial charge in [-0.05, 0) is 24.6 Å². The molecule has 9 heteroatoms. The van der Waals surface area contributed by atoms with E-state index < -0.39 is 38.6 Å². The molecular weight excluding hydrogens is 361 g/mol. The molecule has 26 heavy (non-hydrogen) atoms. The molecule has 138 valence electrons. The summed E-state index contributed by atoms with van der Waals surface area (Å²) in [5.41, 5.74) is 5.09. The number of sulfonamides is 1. The van der Waals surface area contributed by atoms with Crippen molar-refractivity contribution in [2.45, 2.75) is 24.3 Å². The molecule has 0 bridgehead atoms. The third-order valence-electron chi connectivity index (χ3n) is 3.38. The van der Waals surface area contributed by atoms with E-state index in [4.69, 9.17) is 0 Å². The molecule has 2 amide bonds. The Labute approximate surface area is 150 Å². The summed E-state index contributed by atoms with van der Waals surface area (Å²) >= 11 is 0. The summed E-state index contributed by atoms with van der Waals surface area (Å²) in [4.78, 5) is 23.2. The molecule has 0 aliphatic heterocycles. The molecule has 0 saturated heterocycles. The molecule has 0 aliphatic carbocycles. The van der Waals surface area contributed by atoms with Gasteiger partial charge >= 0.3 is 0 Å². The molecule has 0 heterocycles. The molecule has 0 saturated carbocycles. The maximum Gasteiger partial charge on any atom is 0.256 e. The minimum atomic E-state index is -4.22. The predicted molar refractivity (Wildman–Crippen MR) is 92.6 cm³/mol. The Hall–Kier alpha value is -2.78. The number of nitrogens with one attached hydrogen (secondary N) is 3. The highest BCUT2D eigenvalue weighted by atomic mass is 32.2. The quantitative estimate of drug-likeness (QED) is 0.648. The van der Waals surface area contributed by atoms with Crippen LogP contribution in [0.3, 0.4) is 0 Å². The van der Waals surface area contributed by atoms with Crippen LogP contribution in [0.2, 0.25) is 0 Å². The number of hydrazine groups is 1. The molecule has 0 spiro atoms. The number of carbonyl (C=O) groups excluding carboxylic acids is 2. The van der Waals surface area contributed by atoms with Crippen LogP contribution in [-0.4, -0.2) is 26.3 Å². The van der Waals surface area contributed by atoms with Crippen molar-refractivity contribution < 1.29 is 22.4 Å². The Balaban J connectivity index is 1.89. The van der Waals surface area contributed by atoms with Crippen molar-refractivity contribution in [3.63, 3.8) is 0 Å². The lowest BCUT2D eigenvalue weighted by molar-refractivity contribution is -0.129. The van der Waals surface area contributed by atoms with Crippen LogP contribution in [-0.2, 0) is 26.0 Å². The number of rotatable bonds is 6. The number of halogens is 1. The van der Waals surface area contributed by atoms with E-state index in [0.29, 0.717) is 0 Å². The fraction of sp³-hybridized carbons (Fsp3) is 0.176. The van der Waals surface area contributed by atoms with E-state index in [-0.39, 0.29) is 6.42 Å². The summed E-state index contributed by atoms with van der Waals surface area (Å²) in [6.07, 6.45) is 0.0520. The second kappa shape index (κ2) is 8.54. The van der Waals surface area contributed by atoms with Gasteiger partial charge in [0.05, 0.1) is 12.5 Å². The van der Waals surface area contributed by atoms with Crippen molar-refractivity contribution in [2.75, 3.05) is 0 Å². The fourth-order valence-electron chi connectivity index (χ4n) is 2.08. The van der Waals surface area contributed by atoms with Crippen molar-refractivity contribution in [1.82, 2.24) is 15.6 Å². The van der Waals surface area contributed by atoms with Gasteiger partial charge in [-0.15, -0.1) is 0 Å². The van der Waals surface area contributed by atoms with Crippen molar-refractivity contribution in [3.05, 3.63) is 66.0 Å². The lowest BCUT2D eigenvalue weighted by atomic mass is 10.1. The largest absolute Gasteiger partial charge is 0.273 e. The summed E-state index contributed by atoms with van der Waals surface area (Å²) in [7, 11) is -4.22. The van der Waals surface area contributed by atoms with E-state index in [9.17, 15) is 22.4 Å². The van der Waals surface area contributed by atoms with E-state index >= 15 is 0 Å². The highest BCUT2D eigenvalue weighted by Gasteiger charge is 2.24. The summed E-state index contributed by atoms with van der Waals surface area (Å²) in [5, 5.41) is 0. The molecule has 0 aliphatic rings. The highest BCUT2D eigenvalue weighted by Crippen LogP contribution is 2.13. The number of hydrogen-bond donors (Lipinski definition) is 3. The summed E-state index contributed by atoms with van der Waals surface area (Å²) in [6, 6.07) is 12.5. The zero-order valence-corrected chi connectivity index (χ0v) is 14.7. The van der Waals surface area contributed by atoms with Crippen LogP contribution in [0.15, 0.2) is 59.5 Å². The molecule has 0 unspecified atom stereocenters. The van der Waals surface area contributed by atoms with Gasteiger partial charge in [-0.25, -0.2) is 12.8 Å². The maximum atomic E-state index is 13.6. The van der Waals surface area contributed by atoms with Crippen LogP contribution in [0, 0.1) is 5.82 Å². The Bertz CT molecular complexity index is 888. The molecule has 2 aromatic carbocycles. The molecule has 7 nitrogen and oxygen atoms in total. The topological polar surface area (TPSA) is 104 Å². The van der Waals surface area contributed by atoms with E-state index in [0.717, 1.165) is 17.7 Å². The van der Waals surface area contributed by atoms with Gasteiger partial charge in [0.15, 0.2) is 0 Å². The molecule has 2 rings (SSSR count). The minimum absolute atomic E-state index is 0.0520. The van der Waals surface area contributed by atoms with Gasteiger partial charge in [0.2, 0.25) is 15.9 Å². The first-order valence-electron chi connectivity index (χ1n) is 7.69. The van der Waals surface area contributed by atoms with E-state index in [1.165, 1.54) is 19.1 Å². The van der Waals surface area contributed by atoms with Gasteiger partial charge in [-0.2, -0.15) is 4.72 Å². The Morgan fingerprint density at radius 1 is 1.00 bits per heavy atom. The molecule has 0 fully saturated rings. The second-order valence-corrected chi connectivity index (χ2v) is 7.16. The van der Waals surface area contributed by atoms with Crippen LogP contribution in [0.4, 0.5) is 4.39 Å². The van der Waals surface area contributed by atoms with Crippen molar-refractivity contribution in [1.29, 1.82) is 0 Å². The predicted octanol–water partition coefficient (Wildman–Crippen LogP) is 0.883. The average Bonchev–Trinajstić information content (AvgIpc) is 2.60. The lowest BCUT2D eigenvalue weighted by Crippen LogP contribution is -2.51. The third-order valence-corrected chi connectivity index (χ3v) is 4.96. The van der Waals surface area contributed by atoms with Gasteiger partial charge < -0.3 is 0 Å². The van der Waals surface area contributed by atoms with Gasteiger partial charge in [0, 0.05) is 0 Å². The monoisotopic (exact) mass is 379 g/mol. The standard InChI is InChI=1S/C17H18FN3O4S/c1-12(21-26(24,25)15-10-6-5-9-14(15)18)17(23)20-19-16(22)11-13-7-3-2-4-8-13/h2-10,12,21H,11H2,1H3,(H,19,22)(H,20,23)/t12-/m0/s1. The zero-order valence-electron chi connectivity index (χ0n) is 13.9. The van der Waals surface area contributed by atoms with Crippen LogP contribution in [0.25, 0.3) is 0 Å². The Morgan fingerprint density at radius 2 is 1.62 bits per heavy atom. The van der Waals surface area contributed by atoms with E-state index in [1.54, 1.807) is 24.3 Å². The van der Waals surface area contributed by atoms with E-state index in [1.807, 2.05) is 6.07 Å². The maximum absolute atomic E-state index is 13.6. The zero-order chi connectivity index (χ0) is 19.2. The Kier molecular flexibility index (Phi) is 6.42. The SMILES string of the molecule is C[C@H](NS(=O)(=O)c1ccccc1F)C(=O)NNC(=O)Cc1ccccc1. The number of amides is 2. The molecule has 2 aromatic rings. The van der Waals surface area contributed by atoms with Crippen molar-refractivity contribution >= 4 is 21.8 Å². The third kappa shape index (κ3) is 5.36. The average molecular weight is 379 g/mol. The van der Waals surface area contributed by atoms with Crippen molar-refractivity contribution in [2.24, 2.45) is 0 Å². The van der Waals surface area contributed by atoms with Gasteiger partial charge in [0.1, 0.15) is 10.7 Å². The number of hydrogen-bond acceptors (Lipinski definition) is 4. The highest BCUT2D eigenvalue weighted by molar-refractivity contribution is 7.89. The van der Waals surface area contributed by atoms with Gasteiger partial charge in [-0.1, -0.05) is 42.5 Å². The summed E-state index contributed by atoms with van der Waals surface area (Å²) in [5.74, 6) is -2.18. The Morgan fingerprint density at radius 3 is 2.27 bits per heavy atom. The van der Waals surface area contributed by atoms with E-state index in [2.05, 4.69) is 15.6 Å². The molecule has 0 radical (unpaired) electrons. The smallest absolute Gasteiger partial charge is 0.256 e. The number of carbonyl (C=O) groups is 2. The first-order chi connectivity index (χ1) is 12.3. The molecular formula is C17H18FN3O4S.